The highest BCUT2D eigenvalue weighted by Crippen LogP contribution is 2.30. The molecule has 0 spiro atoms. The van der Waals surface area contributed by atoms with Crippen LogP contribution in [-0.4, -0.2) is 20.1 Å². The normalized spacial score (nSPS) is 16.9. The van der Waals surface area contributed by atoms with Crippen molar-refractivity contribution in [3.63, 3.8) is 0 Å². The Kier molecular flexibility index (Phi) is 4.16. The molecule has 17 heavy (non-hydrogen) atoms. The number of hydrogen-bond donors (Lipinski definition) is 1. The van der Waals surface area contributed by atoms with Gasteiger partial charge in [0.15, 0.2) is 0 Å². The van der Waals surface area contributed by atoms with Crippen LogP contribution < -0.4 is 10.2 Å². The van der Waals surface area contributed by atoms with Crippen molar-refractivity contribution in [1.29, 1.82) is 0 Å². The van der Waals surface area contributed by atoms with Crippen molar-refractivity contribution in [3.8, 4) is 0 Å². The van der Waals surface area contributed by atoms with Crippen molar-refractivity contribution < 1.29 is 0 Å². The Balaban J connectivity index is 2.14. The number of benzene rings is 1. The predicted octanol–water partition coefficient (Wildman–Crippen LogP) is 4.15. The molecule has 0 saturated heterocycles. The lowest BCUT2D eigenvalue weighted by molar-refractivity contribution is 0.463. The second kappa shape index (κ2) is 5.63. The zero-order valence-electron chi connectivity index (χ0n) is 10.7. The second-order valence-electron chi connectivity index (χ2n) is 5.04. The highest BCUT2D eigenvalue weighted by atomic mass is 35.5. The third-order valence-electron chi connectivity index (χ3n) is 3.41. The van der Waals surface area contributed by atoms with Crippen molar-refractivity contribution in [2.45, 2.75) is 38.1 Å². The maximum Gasteiger partial charge on any atom is 0.0597 e. The number of nitrogens with zero attached hydrogens (tertiary/aromatic N) is 1. The minimum atomic E-state index is 0.612. The summed E-state index contributed by atoms with van der Waals surface area (Å²) in [5, 5.41) is 4.45. The molecule has 1 saturated carbocycles. The largest absolute Gasteiger partial charge is 0.381 e. The molecule has 1 aromatic rings. The molecule has 0 bridgehead atoms. The van der Waals surface area contributed by atoms with Gasteiger partial charge in [0.1, 0.15) is 0 Å². The lowest BCUT2D eigenvalue weighted by atomic mass is 9.95. The van der Waals surface area contributed by atoms with Crippen LogP contribution in [0, 0.1) is 0 Å². The van der Waals surface area contributed by atoms with Gasteiger partial charge in [0, 0.05) is 25.2 Å². The van der Waals surface area contributed by atoms with Gasteiger partial charge in [-0.3, -0.25) is 0 Å². The van der Waals surface area contributed by atoms with E-state index in [0.717, 1.165) is 10.7 Å². The first kappa shape index (κ1) is 12.6. The number of rotatable bonds is 3. The number of halogens is 1. The summed E-state index contributed by atoms with van der Waals surface area (Å²) < 4.78 is 0. The Morgan fingerprint density at radius 3 is 2.53 bits per heavy atom. The van der Waals surface area contributed by atoms with Crippen LogP contribution in [0.25, 0.3) is 0 Å². The van der Waals surface area contributed by atoms with Crippen molar-refractivity contribution >= 4 is 23.0 Å². The van der Waals surface area contributed by atoms with Crippen LogP contribution in [0.1, 0.15) is 32.1 Å². The quantitative estimate of drug-likeness (QED) is 0.869. The van der Waals surface area contributed by atoms with Crippen LogP contribution >= 0.6 is 11.6 Å². The average Bonchev–Trinajstić information content (AvgIpc) is 2.30. The summed E-state index contributed by atoms with van der Waals surface area (Å²) in [7, 11) is 4.13. The Morgan fingerprint density at radius 2 is 1.88 bits per heavy atom. The Labute approximate surface area is 109 Å². The van der Waals surface area contributed by atoms with E-state index in [2.05, 4.69) is 30.4 Å². The summed E-state index contributed by atoms with van der Waals surface area (Å²) >= 11 is 6.08. The molecule has 0 heterocycles. The molecule has 0 amide bonds. The fourth-order valence-electron chi connectivity index (χ4n) is 2.48. The summed E-state index contributed by atoms with van der Waals surface area (Å²) in [5.74, 6) is 0. The summed E-state index contributed by atoms with van der Waals surface area (Å²) in [6.45, 7) is 0. The molecule has 1 aliphatic carbocycles. The van der Waals surface area contributed by atoms with Gasteiger partial charge < -0.3 is 10.2 Å². The van der Waals surface area contributed by atoms with Gasteiger partial charge >= 0.3 is 0 Å². The molecule has 2 rings (SSSR count). The topological polar surface area (TPSA) is 15.3 Å². The summed E-state index contributed by atoms with van der Waals surface area (Å²) in [6, 6.07) is 6.67. The zero-order chi connectivity index (χ0) is 12.3. The average molecular weight is 253 g/mol. The first-order valence-corrected chi connectivity index (χ1v) is 6.78. The van der Waals surface area contributed by atoms with E-state index in [1.54, 1.807) is 0 Å². The molecule has 0 unspecified atom stereocenters. The van der Waals surface area contributed by atoms with E-state index in [4.69, 9.17) is 11.6 Å². The molecule has 1 fully saturated rings. The number of anilines is 2. The monoisotopic (exact) mass is 252 g/mol. The van der Waals surface area contributed by atoms with Crippen molar-refractivity contribution in [2.75, 3.05) is 24.3 Å². The Hall–Kier alpha value is -0.890. The molecule has 2 nitrogen and oxygen atoms in total. The van der Waals surface area contributed by atoms with E-state index in [1.807, 2.05) is 12.1 Å². The third kappa shape index (κ3) is 3.29. The first-order chi connectivity index (χ1) is 8.16. The highest BCUT2D eigenvalue weighted by Gasteiger charge is 2.15. The van der Waals surface area contributed by atoms with E-state index in [9.17, 15) is 0 Å². The maximum absolute atomic E-state index is 6.08. The molecule has 0 atom stereocenters. The van der Waals surface area contributed by atoms with Crippen LogP contribution in [0.4, 0.5) is 11.4 Å². The van der Waals surface area contributed by atoms with Gasteiger partial charge in [-0.25, -0.2) is 0 Å². The van der Waals surface area contributed by atoms with E-state index in [0.29, 0.717) is 6.04 Å². The second-order valence-corrected chi connectivity index (χ2v) is 5.47. The molecular weight excluding hydrogens is 232 g/mol. The minimum Gasteiger partial charge on any atom is -0.381 e. The fraction of sp³-hybridized carbons (Fsp3) is 0.571. The SMILES string of the molecule is CN(C)c1ccc(Cl)cc1NC1CCCCC1. The molecule has 3 heteroatoms. The standard InChI is InChI=1S/C14H21ClN2/c1-17(2)14-9-8-11(15)10-13(14)16-12-6-4-3-5-7-12/h8-10,12,16H,3-7H2,1-2H3. The van der Waals surface area contributed by atoms with Crippen molar-refractivity contribution in [1.82, 2.24) is 0 Å². The molecular formula is C14H21ClN2. The van der Waals surface area contributed by atoms with E-state index in [-0.39, 0.29) is 0 Å². The van der Waals surface area contributed by atoms with Crippen LogP contribution in [0.5, 0.6) is 0 Å². The van der Waals surface area contributed by atoms with Crippen LogP contribution in [0.15, 0.2) is 18.2 Å². The van der Waals surface area contributed by atoms with Gasteiger partial charge in [-0.2, -0.15) is 0 Å². The molecule has 1 N–H and O–H groups in total. The van der Waals surface area contributed by atoms with Gasteiger partial charge in [-0.1, -0.05) is 30.9 Å². The highest BCUT2D eigenvalue weighted by molar-refractivity contribution is 6.31. The van der Waals surface area contributed by atoms with Crippen molar-refractivity contribution in [3.05, 3.63) is 23.2 Å². The van der Waals surface area contributed by atoms with E-state index < -0.39 is 0 Å². The van der Waals surface area contributed by atoms with Crippen molar-refractivity contribution in [2.24, 2.45) is 0 Å². The zero-order valence-corrected chi connectivity index (χ0v) is 11.4. The maximum atomic E-state index is 6.08. The lowest BCUT2D eigenvalue weighted by Crippen LogP contribution is -2.23. The smallest absolute Gasteiger partial charge is 0.0597 e. The fourth-order valence-corrected chi connectivity index (χ4v) is 2.65. The Bertz CT molecular complexity index is 370. The van der Waals surface area contributed by atoms with E-state index in [1.165, 1.54) is 37.8 Å². The van der Waals surface area contributed by atoms with Gasteiger partial charge in [0.05, 0.1) is 11.4 Å². The molecule has 1 aromatic carbocycles. The van der Waals surface area contributed by atoms with Gasteiger partial charge in [0.25, 0.3) is 0 Å². The van der Waals surface area contributed by atoms with Gasteiger partial charge in [-0.15, -0.1) is 0 Å². The lowest BCUT2D eigenvalue weighted by Gasteiger charge is -2.27. The Morgan fingerprint density at radius 1 is 1.18 bits per heavy atom. The van der Waals surface area contributed by atoms with Crippen LogP contribution in [0.2, 0.25) is 5.02 Å². The third-order valence-corrected chi connectivity index (χ3v) is 3.64. The van der Waals surface area contributed by atoms with Crippen LogP contribution in [-0.2, 0) is 0 Å². The molecule has 0 aromatic heterocycles. The molecule has 94 valence electrons. The number of hydrogen-bond acceptors (Lipinski definition) is 2. The first-order valence-electron chi connectivity index (χ1n) is 6.40. The molecule has 1 aliphatic rings. The summed E-state index contributed by atoms with van der Waals surface area (Å²) in [6.07, 6.45) is 6.62. The van der Waals surface area contributed by atoms with E-state index >= 15 is 0 Å². The minimum absolute atomic E-state index is 0.612. The molecule has 0 aliphatic heterocycles. The van der Waals surface area contributed by atoms with Gasteiger partial charge in [0.2, 0.25) is 0 Å². The predicted molar refractivity (Wildman–Crippen MR) is 76.3 cm³/mol. The summed E-state index contributed by atoms with van der Waals surface area (Å²) in [5.41, 5.74) is 2.37. The van der Waals surface area contributed by atoms with Crippen LogP contribution in [0.3, 0.4) is 0 Å². The number of nitrogens with one attached hydrogen (secondary N) is 1. The summed E-state index contributed by atoms with van der Waals surface area (Å²) in [4.78, 5) is 2.13. The van der Waals surface area contributed by atoms with Gasteiger partial charge in [-0.05, 0) is 31.0 Å². The molecule has 0 radical (unpaired) electrons.